The molecule has 6 nitrogen and oxygen atoms in total. The molecular formula is C25H22N2O4. The number of hydrogen-bond donors (Lipinski definition) is 1. The molecule has 0 aliphatic carbocycles. The molecule has 0 aliphatic heterocycles. The van der Waals surface area contributed by atoms with Crippen LogP contribution in [0.4, 0.5) is 0 Å². The molecule has 6 heteroatoms. The van der Waals surface area contributed by atoms with Crippen LogP contribution in [0.5, 0.6) is 23.0 Å². The first-order valence-corrected chi connectivity index (χ1v) is 9.86. The van der Waals surface area contributed by atoms with Crippen molar-refractivity contribution in [1.29, 1.82) is 0 Å². The molecule has 1 heterocycles. The summed E-state index contributed by atoms with van der Waals surface area (Å²) in [4.78, 5) is 8.28. The monoisotopic (exact) mass is 414 g/mol. The van der Waals surface area contributed by atoms with Crippen LogP contribution in [0.2, 0.25) is 0 Å². The number of imidazole rings is 1. The van der Waals surface area contributed by atoms with Crippen molar-refractivity contribution in [1.82, 2.24) is 9.97 Å². The summed E-state index contributed by atoms with van der Waals surface area (Å²) in [6.07, 6.45) is 0. The second-order valence-electron chi connectivity index (χ2n) is 7.21. The number of H-pyrrole nitrogens is 1. The molecule has 1 N–H and O–H groups in total. The van der Waals surface area contributed by atoms with Crippen LogP contribution in [0.25, 0.3) is 44.0 Å². The molecule has 4 aromatic carbocycles. The van der Waals surface area contributed by atoms with Gasteiger partial charge in [-0.25, -0.2) is 4.98 Å². The molecule has 5 rings (SSSR count). The molecule has 0 atom stereocenters. The summed E-state index contributed by atoms with van der Waals surface area (Å²) >= 11 is 0. The fourth-order valence-electron chi connectivity index (χ4n) is 4.08. The van der Waals surface area contributed by atoms with Gasteiger partial charge in [-0.05, 0) is 64.0 Å². The average Bonchev–Trinajstić information content (AvgIpc) is 3.25. The van der Waals surface area contributed by atoms with Gasteiger partial charge in [-0.15, -0.1) is 0 Å². The number of fused-ring (bicyclic) bond motifs is 4. The molecule has 0 spiro atoms. The Kier molecular flexibility index (Phi) is 4.55. The highest BCUT2D eigenvalue weighted by Crippen LogP contribution is 2.43. The maximum atomic E-state index is 5.59. The number of benzene rings is 4. The Morgan fingerprint density at radius 1 is 0.645 bits per heavy atom. The number of rotatable bonds is 5. The van der Waals surface area contributed by atoms with Crippen LogP contribution in [0.1, 0.15) is 0 Å². The van der Waals surface area contributed by atoms with Crippen LogP contribution in [0.3, 0.4) is 0 Å². The van der Waals surface area contributed by atoms with E-state index in [9.17, 15) is 0 Å². The van der Waals surface area contributed by atoms with E-state index in [1.54, 1.807) is 28.4 Å². The number of methoxy groups -OCH3 is 4. The fourth-order valence-corrected chi connectivity index (χ4v) is 4.08. The van der Waals surface area contributed by atoms with E-state index in [0.29, 0.717) is 23.0 Å². The topological polar surface area (TPSA) is 65.6 Å². The Labute approximate surface area is 179 Å². The Bertz CT molecular complexity index is 1410. The molecule has 156 valence electrons. The summed E-state index contributed by atoms with van der Waals surface area (Å²) in [5.74, 6) is 3.45. The van der Waals surface area contributed by atoms with E-state index >= 15 is 0 Å². The van der Waals surface area contributed by atoms with Gasteiger partial charge in [0.1, 0.15) is 5.82 Å². The number of hydrogen-bond acceptors (Lipinski definition) is 5. The quantitative estimate of drug-likeness (QED) is 0.381. The third-order valence-corrected chi connectivity index (χ3v) is 5.60. The van der Waals surface area contributed by atoms with Gasteiger partial charge in [-0.1, -0.05) is 12.1 Å². The second kappa shape index (κ2) is 7.40. The molecule has 0 radical (unpaired) electrons. The Morgan fingerprint density at radius 3 is 1.87 bits per heavy atom. The largest absolute Gasteiger partial charge is 0.493 e. The molecule has 5 aromatic rings. The number of aromatic amines is 1. The van der Waals surface area contributed by atoms with E-state index in [-0.39, 0.29) is 0 Å². The number of aromatic nitrogens is 2. The van der Waals surface area contributed by atoms with E-state index in [4.69, 9.17) is 23.9 Å². The van der Waals surface area contributed by atoms with E-state index in [1.165, 1.54) is 0 Å². The second-order valence-corrected chi connectivity index (χ2v) is 7.21. The molecule has 0 saturated heterocycles. The minimum absolute atomic E-state index is 0.659. The van der Waals surface area contributed by atoms with Crippen molar-refractivity contribution in [3.63, 3.8) is 0 Å². The van der Waals surface area contributed by atoms with Gasteiger partial charge in [0.15, 0.2) is 23.0 Å². The number of nitrogens with one attached hydrogen (secondary N) is 1. The average molecular weight is 414 g/mol. The van der Waals surface area contributed by atoms with Crippen LogP contribution < -0.4 is 18.9 Å². The summed E-state index contributed by atoms with van der Waals surface area (Å²) in [7, 11) is 6.55. The molecule has 0 fully saturated rings. The summed E-state index contributed by atoms with van der Waals surface area (Å²) < 4.78 is 22.3. The SMILES string of the molecule is COc1cc2cc(-c3nc4ccccc4[nH]3)c3cc(OC)c(OC)cc3c2cc1OC. The third-order valence-electron chi connectivity index (χ3n) is 5.60. The Balaban J connectivity index is 1.92. The smallest absolute Gasteiger partial charge is 0.161 e. The maximum absolute atomic E-state index is 5.59. The van der Waals surface area contributed by atoms with Gasteiger partial charge in [0.2, 0.25) is 0 Å². The molecule has 0 saturated carbocycles. The molecule has 31 heavy (non-hydrogen) atoms. The van der Waals surface area contributed by atoms with Gasteiger partial charge < -0.3 is 23.9 Å². The van der Waals surface area contributed by atoms with Gasteiger partial charge in [-0.3, -0.25) is 0 Å². The van der Waals surface area contributed by atoms with E-state index < -0.39 is 0 Å². The molecule has 1 aromatic heterocycles. The number of para-hydroxylation sites is 2. The molecular weight excluding hydrogens is 392 g/mol. The van der Waals surface area contributed by atoms with Crippen molar-refractivity contribution < 1.29 is 18.9 Å². The summed E-state index contributed by atoms with van der Waals surface area (Å²) in [6, 6.07) is 18.1. The van der Waals surface area contributed by atoms with E-state index in [1.807, 2.05) is 48.5 Å². The standard InChI is InChI=1S/C25H22N2O4/c1-28-21-10-14-9-18(25-26-19-7-5-6-8-20(19)27-25)17-13-24(31-4)23(30-3)12-16(17)15(14)11-22(21)29-2/h5-13H,1-4H3,(H,26,27). The summed E-state index contributed by atoms with van der Waals surface area (Å²) in [5.41, 5.74) is 2.86. The van der Waals surface area contributed by atoms with Crippen LogP contribution in [-0.4, -0.2) is 38.4 Å². The van der Waals surface area contributed by atoms with Crippen molar-refractivity contribution >= 4 is 32.6 Å². The van der Waals surface area contributed by atoms with E-state index in [0.717, 1.165) is 44.0 Å². The van der Waals surface area contributed by atoms with Crippen LogP contribution in [0.15, 0.2) is 54.6 Å². The predicted octanol–water partition coefficient (Wildman–Crippen LogP) is 5.57. The maximum Gasteiger partial charge on any atom is 0.161 e. The van der Waals surface area contributed by atoms with Crippen molar-refractivity contribution in [3.8, 4) is 34.4 Å². The van der Waals surface area contributed by atoms with Gasteiger partial charge in [0.05, 0.1) is 39.5 Å². The summed E-state index contributed by atoms with van der Waals surface area (Å²) in [5, 5.41) is 4.03. The van der Waals surface area contributed by atoms with Crippen LogP contribution in [0, 0.1) is 0 Å². The highest BCUT2D eigenvalue weighted by Gasteiger charge is 2.18. The lowest BCUT2D eigenvalue weighted by Crippen LogP contribution is -1.95. The van der Waals surface area contributed by atoms with Crippen LogP contribution in [-0.2, 0) is 0 Å². The zero-order chi connectivity index (χ0) is 21.5. The lowest BCUT2D eigenvalue weighted by Gasteiger charge is -2.15. The van der Waals surface area contributed by atoms with Gasteiger partial charge in [-0.2, -0.15) is 0 Å². The number of ether oxygens (including phenoxy) is 4. The summed E-state index contributed by atoms with van der Waals surface area (Å²) in [6.45, 7) is 0. The molecule has 0 bridgehead atoms. The zero-order valence-corrected chi connectivity index (χ0v) is 17.8. The molecule has 0 amide bonds. The van der Waals surface area contributed by atoms with Crippen molar-refractivity contribution in [2.75, 3.05) is 28.4 Å². The predicted molar refractivity (Wildman–Crippen MR) is 123 cm³/mol. The molecule has 0 unspecified atom stereocenters. The highest BCUT2D eigenvalue weighted by atomic mass is 16.5. The van der Waals surface area contributed by atoms with Gasteiger partial charge in [0, 0.05) is 5.56 Å². The van der Waals surface area contributed by atoms with Gasteiger partial charge in [0.25, 0.3) is 0 Å². The lowest BCUT2D eigenvalue weighted by molar-refractivity contribution is 0.355. The zero-order valence-electron chi connectivity index (χ0n) is 17.8. The van der Waals surface area contributed by atoms with Crippen molar-refractivity contribution in [2.45, 2.75) is 0 Å². The number of nitrogens with zero attached hydrogens (tertiary/aromatic N) is 1. The first-order chi connectivity index (χ1) is 15.2. The molecule has 0 aliphatic rings. The lowest BCUT2D eigenvalue weighted by atomic mass is 9.95. The van der Waals surface area contributed by atoms with Crippen molar-refractivity contribution in [2.24, 2.45) is 0 Å². The minimum atomic E-state index is 0.659. The third kappa shape index (κ3) is 2.99. The Hall–Kier alpha value is -3.93. The first-order valence-electron chi connectivity index (χ1n) is 9.86. The van der Waals surface area contributed by atoms with Gasteiger partial charge >= 0.3 is 0 Å². The van der Waals surface area contributed by atoms with E-state index in [2.05, 4.69) is 11.1 Å². The van der Waals surface area contributed by atoms with Crippen molar-refractivity contribution in [3.05, 3.63) is 54.6 Å². The highest BCUT2D eigenvalue weighted by molar-refractivity contribution is 6.15. The fraction of sp³-hybridized carbons (Fsp3) is 0.160. The first kappa shape index (κ1) is 19.1. The normalized spacial score (nSPS) is 11.2. The van der Waals surface area contributed by atoms with Crippen LogP contribution >= 0.6 is 0 Å². The Morgan fingerprint density at radius 2 is 1.23 bits per heavy atom. The minimum Gasteiger partial charge on any atom is -0.493 e.